The molecule has 0 amide bonds. The summed E-state index contributed by atoms with van der Waals surface area (Å²) < 4.78 is 44.4. The van der Waals surface area contributed by atoms with Crippen LogP contribution >= 0.6 is 0 Å². The highest BCUT2D eigenvalue weighted by atomic mass is 19.4. The lowest BCUT2D eigenvalue weighted by molar-refractivity contribution is -0.199. The molecule has 1 heterocycles. The minimum Gasteiger partial charge on any atom is -0.438 e. The topological polar surface area (TPSA) is 46.3 Å². The Labute approximate surface area is 126 Å². The van der Waals surface area contributed by atoms with Gasteiger partial charge < -0.3 is 9.52 Å². The molecule has 1 aliphatic rings. The fourth-order valence-electron chi connectivity index (χ4n) is 2.21. The number of rotatable bonds is 4. The average Bonchev–Trinajstić information content (AvgIpc) is 2.81. The third-order valence-electron chi connectivity index (χ3n) is 3.80. The summed E-state index contributed by atoms with van der Waals surface area (Å²) in [6.07, 6.45) is 0.498. The van der Waals surface area contributed by atoms with Crippen LogP contribution in [0.5, 0.6) is 0 Å². The van der Waals surface area contributed by atoms with Crippen LogP contribution in [-0.4, -0.2) is 16.3 Å². The number of hydrogen-bond donors (Lipinski definition) is 1. The van der Waals surface area contributed by atoms with E-state index in [2.05, 4.69) is 11.6 Å². The molecule has 1 aliphatic carbocycles. The zero-order valence-corrected chi connectivity index (χ0v) is 12.4. The van der Waals surface area contributed by atoms with Crippen LogP contribution in [0.2, 0.25) is 0 Å². The van der Waals surface area contributed by atoms with E-state index in [1.165, 1.54) is 12.2 Å². The molecule has 0 radical (unpaired) electrons. The highest BCUT2D eigenvalue weighted by Gasteiger charge is 2.49. The number of halogens is 3. The fraction of sp³-hybridized carbons (Fsp3) is 0.438. The van der Waals surface area contributed by atoms with E-state index in [0.29, 0.717) is 23.4 Å². The number of aromatic nitrogens is 1. The van der Waals surface area contributed by atoms with E-state index in [9.17, 15) is 18.3 Å². The summed E-state index contributed by atoms with van der Waals surface area (Å²) in [6.45, 7) is 6.37. The van der Waals surface area contributed by atoms with E-state index >= 15 is 0 Å². The van der Waals surface area contributed by atoms with Gasteiger partial charge in [-0.25, -0.2) is 4.98 Å². The van der Waals surface area contributed by atoms with Crippen LogP contribution in [-0.2, 0) is 0 Å². The van der Waals surface area contributed by atoms with E-state index in [1.807, 2.05) is 0 Å². The van der Waals surface area contributed by atoms with Gasteiger partial charge in [0.2, 0.25) is 5.89 Å². The molecule has 2 atom stereocenters. The molecule has 0 saturated carbocycles. The van der Waals surface area contributed by atoms with Crippen LogP contribution in [0.1, 0.15) is 43.2 Å². The molecule has 120 valence electrons. The Morgan fingerprint density at radius 1 is 1.55 bits per heavy atom. The van der Waals surface area contributed by atoms with Crippen molar-refractivity contribution in [1.82, 2.24) is 4.98 Å². The molecule has 1 aromatic heterocycles. The van der Waals surface area contributed by atoms with E-state index < -0.39 is 17.7 Å². The largest absolute Gasteiger partial charge is 0.438 e. The lowest BCUT2D eigenvalue weighted by Crippen LogP contribution is -2.33. The van der Waals surface area contributed by atoms with Crippen molar-refractivity contribution in [1.29, 1.82) is 0 Å². The van der Waals surface area contributed by atoms with Crippen molar-refractivity contribution in [2.75, 3.05) is 0 Å². The fourth-order valence-corrected chi connectivity index (χ4v) is 2.21. The van der Waals surface area contributed by atoms with Crippen molar-refractivity contribution >= 4 is 5.57 Å². The van der Waals surface area contributed by atoms with Crippen LogP contribution in [0.4, 0.5) is 13.2 Å². The van der Waals surface area contributed by atoms with E-state index in [0.717, 1.165) is 13.0 Å². The van der Waals surface area contributed by atoms with Crippen LogP contribution in [0.3, 0.4) is 0 Å². The second kappa shape index (κ2) is 5.76. The minimum absolute atomic E-state index is 0.172. The quantitative estimate of drug-likeness (QED) is 0.832. The first kappa shape index (κ1) is 16.5. The number of alkyl halides is 3. The maximum absolute atomic E-state index is 13.0. The van der Waals surface area contributed by atoms with Gasteiger partial charge in [-0.15, -0.1) is 6.58 Å². The molecular formula is C16H18F3NO2. The van der Waals surface area contributed by atoms with Crippen LogP contribution in [0.15, 0.2) is 35.3 Å². The monoisotopic (exact) mass is 313 g/mol. The Balaban J connectivity index is 2.24. The van der Waals surface area contributed by atoms with Crippen LogP contribution < -0.4 is 0 Å². The van der Waals surface area contributed by atoms with Crippen molar-refractivity contribution < 1.29 is 22.7 Å². The molecule has 0 spiro atoms. The first-order valence-corrected chi connectivity index (χ1v) is 6.91. The first-order chi connectivity index (χ1) is 10.2. The Hall–Kier alpha value is -1.82. The molecule has 22 heavy (non-hydrogen) atoms. The summed E-state index contributed by atoms with van der Waals surface area (Å²) in [7, 11) is 0. The number of hydrogen-bond acceptors (Lipinski definition) is 3. The summed E-state index contributed by atoms with van der Waals surface area (Å²) in [5.74, 6) is 0.532. The number of aryl methyl sites for hydroxylation is 1. The number of aliphatic hydroxyl groups excluding tert-OH is 1. The van der Waals surface area contributed by atoms with E-state index in [4.69, 9.17) is 4.42 Å². The van der Waals surface area contributed by atoms with E-state index in [1.54, 1.807) is 13.0 Å². The van der Waals surface area contributed by atoms with Crippen molar-refractivity contribution in [3.8, 4) is 0 Å². The number of aliphatic hydroxyl groups is 1. The first-order valence-electron chi connectivity index (χ1n) is 6.91. The van der Waals surface area contributed by atoms with Gasteiger partial charge in [0, 0.05) is 5.57 Å². The molecule has 0 bridgehead atoms. The van der Waals surface area contributed by atoms with Gasteiger partial charge in [0.1, 0.15) is 6.10 Å². The predicted molar refractivity (Wildman–Crippen MR) is 76.9 cm³/mol. The maximum Gasteiger partial charge on any atom is 0.397 e. The second-order valence-electron chi connectivity index (χ2n) is 5.62. The van der Waals surface area contributed by atoms with Crippen molar-refractivity contribution in [3.05, 3.63) is 48.2 Å². The summed E-state index contributed by atoms with van der Waals surface area (Å²) in [5.41, 5.74) is -0.867. The lowest BCUT2D eigenvalue weighted by atomic mass is 9.81. The highest BCUT2D eigenvalue weighted by molar-refractivity contribution is 5.70. The Bertz CT molecular complexity index is 628. The Morgan fingerprint density at radius 3 is 2.73 bits per heavy atom. The minimum atomic E-state index is -4.30. The number of allylic oxidation sites excluding steroid dienone is 4. The molecule has 0 aliphatic heterocycles. The zero-order chi connectivity index (χ0) is 16.5. The molecule has 0 aromatic carbocycles. The van der Waals surface area contributed by atoms with Gasteiger partial charge in [0.25, 0.3) is 0 Å². The van der Waals surface area contributed by atoms with Gasteiger partial charge in [0.15, 0.2) is 5.76 Å². The second-order valence-corrected chi connectivity index (χ2v) is 5.62. The lowest BCUT2D eigenvalue weighted by Gasteiger charge is -2.29. The van der Waals surface area contributed by atoms with Gasteiger partial charge >= 0.3 is 6.18 Å². The Morgan fingerprint density at radius 2 is 2.23 bits per heavy atom. The number of nitrogens with zero attached hydrogens (tertiary/aromatic N) is 1. The Kier molecular flexibility index (Phi) is 4.33. The van der Waals surface area contributed by atoms with Gasteiger partial charge in [-0.1, -0.05) is 24.3 Å². The average molecular weight is 313 g/mol. The van der Waals surface area contributed by atoms with E-state index in [-0.39, 0.29) is 12.3 Å². The summed E-state index contributed by atoms with van der Waals surface area (Å²) in [4.78, 5) is 4.19. The molecule has 1 N–H and O–H groups in total. The summed E-state index contributed by atoms with van der Waals surface area (Å²) >= 11 is 0. The van der Waals surface area contributed by atoms with Gasteiger partial charge in [-0.2, -0.15) is 13.2 Å². The van der Waals surface area contributed by atoms with Crippen molar-refractivity contribution in [2.24, 2.45) is 5.41 Å². The van der Waals surface area contributed by atoms with Crippen molar-refractivity contribution in [3.63, 3.8) is 0 Å². The predicted octanol–water partition coefficient (Wildman–Crippen LogP) is 4.50. The van der Waals surface area contributed by atoms with Crippen molar-refractivity contribution in [2.45, 2.75) is 39.0 Å². The van der Waals surface area contributed by atoms with Crippen LogP contribution in [0.25, 0.3) is 5.57 Å². The number of oxazole rings is 1. The molecular weight excluding hydrogens is 295 g/mol. The zero-order valence-electron chi connectivity index (χ0n) is 12.4. The molecule has 2 unspecified atom stereocenters. The molecule has 1 aromatic rings. The molecule has 0 fully saturated rings. The van der Waals surface area contributed by atoms with Gasteiger partial charge in [-0.3, -0.25) is 0 Å². The standard InChI is InChI=1S/C16H18F3NO2/c1-4-5-12(21)13-10(2)20-14(22-13)11-6-8-15(3,9-7-11)16(17,18)19/h4,6-8,12,21H,1,5,9H2,2-3H3. The molecule has 0 saturated heterocycles. The summed E-state index contributed by atoms with van der Waals surface area (Å²) in [6, 6.07) is 0. The third kappa shape index (κ3) is 3.02. The molecule has 6 heteroatoms. The summed E-state index contributed by atoms with van der Waals surface area (Å²) in [5, 5.41) is 9.91. The molecule has 2 rings (SSSR count). The smallest absolute Gasteiger partial charge is 0.397 e. The van der Waals surface area contributed by atoms with Crippen LogP contribution in [0, 0.1) is 12.3 Å². The van der Waals surface area contributed by atoms with Gasteiger partial charge in [-0.05, 0) is 26.7 Å². The molecule has 3 nitrogen and oxygen atoms in total. The van der Waals surface area contributed by atoms with Gasteiger partial charge in [0.05, 0.1) is 11.1 Å². The maximum atomic E-state index is 13.0. The normalized spacial score (nSPS) is 23.3. The SMILES string of the molecule is C=CCC(O)c1oc(C2=CCC(C)(C(F)(F)F)C=C2)nc1C. The third-order valence-corrected chi connectivity index (χ3v) is 3.80. The highest BCUT2D eigenvalue weighted by Crippen LogP contribution is 2.45.